The Morgan fingerprint density at radius 1 is 0.875 bits per heavy atom. The molecule has 0 spiro atoms. The smallest absolute Gasteiger partial charge is 0.128 e. The van der Waals surface area contributed by atoms with Gasteiger partial charge in [0.05, 0.1) is 0 Å². The van der Waals surface area contributed by atoms with E-state index in [1.165, 1.54) is 31.2 Å². The summed E-state index contributed by atoms with van der Waals surface area (Å²) in [7, 11) is 0. The minimum absolute atomic E-state index is 0.0112. The first-order valence-corrected chi connectivity index (χ1v) is 12.8. The monoisotopic (exact) mass is 435 g/mol. The van der Waals surface area contributed by atoms with Crippen molar-refractivity contribution in [1.29, 1.82) is 0 Å². The maximum atomic E-state index is 15.5. The van der Waals surface area contributed by atoms with Crippen LogP contribution in [0, 0.1) is 11.7 Å². The lowest BCUT2D eigenvalue weighted by molar-refractivity contribution is 0.144. The first kappa shape index (κ1) is 22.1. The van der Waals surface area contributed by atoms with Crippen LogP contribution in [-0.4, -0.2) is 49.1 Å². The van der Waals surface area contributed by atoms with E-state index in [1.54, 1.807) is 0 Å². The van der Waals surface area contributed by atoms with E-state index in [9.17, 15) is 0 Å². The molecule has 32 heavy (non-hydrogen) atoms. The molecule has 0 aliphatic carbocycles. The molecule has 3 heterocycles. The van der Waals surface area contributed by atoms with Gasteiger partial charge < -0.3 is 5.32 Å². The lowest BCUT2D eigenvalue weighted by Crippen LogP contribution is -2.38. The number of piperidine rings is 2. The molecule has 0 radical (unpaired) electrons. The summed E-state index contributed by atoms with van der Waals surface area (Å²) >= 11 is 0. The molecule has 2 aromatic rings. The van der Waals surface area contributed by atoms with Gasteiger partial charge in [0, 0.05) is 18.2 Å². The number of hydrogen-bond donors (Lipinski definition) is 1. The summed E-state index contributed by atoms with van der Waals surface area (Å²) in [6.45, 7) is 7.41. The zero-order chi connectivity index (χ0) is 21.8. The predicted octanol–water partition coefficient (Wildman–Crippen LogP) is 5.34. The van der Waals surface area contributed by atoms with E-state index < -0.39 is 0 Å². The predicted molar refractivity (Wildman–Crippen MR) is 129 cm³/mol. The van der Waals surface area contributed by atoms with Gasteiger partial charge in [-0.25, -0.2) is 4.39 Å². The molecular weight excluding hydrogens is 397 g/mol. The molecule has 1 atom stereocenters. The Morgan fingerprint density at radius 2 is 1.59 bits per heavy atom. The highest BCUT2D eigenvalue weighted by atomic mass is 19.1. The number of likely N-dealkylation sites (tertiary alicyclic amines) is 2. The fraction of sp³-hybridized carbons (Fsp3) is 0.571. The Labute approximate surface area is 193 Å². The summed E-state index contributed by atoms with van der Waals surface area (Å²) in [5, 5.41) is 3.48. The second kappa shape index (κ2) is 10.5. The first-order chi connectivity index (χ1) is 15.8. The van der Waals surface area contributed by atoms with Crippen LogP contribution < -0.4 is 5.32 Å². The van der Waals surface area contributed by atoms with Crippen molar-refractivity contribution in [2.24, 2.45) is 5.92 Å². The van der Waals surface area contributed by atoms with Crippen LogP contribution in [0.25, 0.3) is 0 Å². The van der Waals surface area contributed by atoms with Gasteiger partial charge in [-0.15, -0.1) is 0 Å². The van der Waals surface area contributed by atoms with E-state index >= 15 is 4.39 Å². The van der Waals surface area contributed by atoms with Gasteiger partial charge >= 0.3 is 0 Å². The summed E-state index contributed by atoms with van der Waals surface area (Å²) in [5.74, 6) is 1.24. The highest BCUT2D eigenvalue weighted by Crippen LogP contribution is 2.38. The Bertz CT molecular complexity index is 850. The van der Waals surface area contributed by atoms with Crippen molar-refractivity contribution in [3.63, 3.8) is 0 Å². The van der Waals surface area contributed by atoms with E-state index in [4.69, 9.17) is 0 Å². The summed E-state index contributed by atoms with van der Waals surface area (Å²) in [5.41, 5.74) is 3.52. The van der Waals surface area contributed by atoms with Gasteiger partial charge in [-0.2, -0.15) is 0 Å². The highest BCUT2D eigenvalue weighted by molar-refractivity contribution is 5.28. The van der Waals surface area contributed by atoms with Crippen LogP contribution in [0.5, 0.6) is 0 Å². The first-order valence-electron chi connectivity index (χ1n) is 12.8. The maximum Gasteiger partial charge on any atom is 0.128 e. The minimum Gasteiger partial charge on any atom is -0.317 e. The van der Waals surface area contributed by atoms with E-state index in [1.807, 2.05) is 6.07 Å². The zero-order valence-electron chi connectivity index (χ0n) is 19.3. The van der Waals surface area contributed by atoms with Crippen molar-refractivity contribution in [3.05, 3.63) is 71.0 Å². The molecule has 2 aromatic carbocycles. The molecule has 3 fully saturated rings. The Balaban J connectivity index is 1.24. The van der Waals surface area contributed by atoms with E-state index in [0.29, 0.717) is 11.8 Å². The number of halogens is 1. The SMILES string of the molecule is Fc1cc(CN2CCC(c3ccccc3)CC2)ccc1C(C1CCNCC1)N1CCCC1. The summed E-state index contributed by atoms with van der Waals surface area (Å²) in [6.07, 6.45) is 7.19. The molecule has 5 rings (SSSR count). The van der Waals surface area contributed by atoms with Gasteiger partial charge in [0.1, 0.15) is 5.82 Å². The van der Waals surface area contributed by atoms with E-state index in [-0.39, 0.29) is 11.9 Å². The number of rotatable bonds is 6. The van der Waals surface area contributed by atoms with Gasteiger partial charge in [0.2, 0.25) is 0 Å². The minimum atomic E-state index is 0.0112. The van der Waals surface area contributed by atoms with Crippen molar-refractivity contribution in [2.75, 3.05) is 39.3 Å². The molecule has 0 bridgehead atoms. The lowest BCUT2D eigenvalue weighted by Gasteiger charge is -2.37. The number of nitrogens with one attached hydrogen (secondary N) is 1. The molecule has 0 amide bonds. The fourth-order valence-corrected chi connectivity index (χ4v) is 6.25. The molecule has 0 saturated carbocycles. The van der Waals surface area contributed by atoms with Gasteiger partial charge in [-0.3, -0.25) is 9.80 Å². The van der Waals surface area contributed by atoms with Crippen LogP contribution >= 0.6 is 0 Å². The molecular formula is C28H38FN3. The van der Waals surface area contributed by atoms with Crippen molar-refractivity contribution >= 4 is 0 Å². The standard InChI is InChI=1S/C28H38FN3/c29-27-20-22(21-31-18-12-24(13-19-31)23-6-2-1-3-7-23)8-9-26(27)28(32-16-4-5-17-32)25-10-14-30-15-11-25/h1-3,6-9,20,24-25,28,30H,4-5,10-19,21H2. The molecule has 3 aliphatic heterocycles. The summed E-state index contributed by atoms with van der Waals surface area (Å²) in [6, 6.07) is 17.3. The largest absolute Gasteiger partial charge is 0.317 e. The second-order valence-electron chi connectivity index (χ2n) is 10.1. The second-order valence-corrected chi connectivity index (χ2v) is 10.1. The van der Waals surface area contributed by atoms with Crippen LogP contribution in [0.2, 0.25) is 0 Å². The zero-order valence-corrected chi connectivity index (χ0v) is 19.3. The maximum absolute atomic E-state index is 15.5. The van der Waals surface area contributed by atoms with Crippen molar-refractivity contribution < 1.29 is 4.39 Å². The molecule has 4 heteroatoms. The average molecular weight is 436 g/mol. The molecule has 1 unspecified atom stereocenters. The normalized spacial score (nSPS) is 22.9. The Hall–Kier alpha value is -1.75. The van der Waals surface area contributed by atoms with Crippen molar-refractivity contribution in [1.82, 2.24) is 15.1 Å². The molecule has 0 aromatic heterocycles. The van der Waals surface area contributed by atoms with E-state index in [2.05, 4.69) is 57.6 Å². The third-order valence-electron chi connectivity index (χ3n) is 8.01. The molecule has 3 nitrogen and oxygen atoms in total. The highest BCUT2D eigenvalue weighted by Gasteiger charge is 2.33. The number of benzene rings is 2. The van der Waals surface area contributed by atoms with Gasteiger partial charge in [0.15, 0.2) is 0 Å². The number of nitrogens with zero attached hydrogens (tertiary/aromatic N) is 2. The quantitative estimate of drug-likeness (QED) is 0.661. The van der Waals surface area contributed by atoms with E-state index in [0.717, 1.165) is 69.8 Å². The van der Waals surface area contributed by atoms with Crippen LogP contribution in [0.15, 0.2) is 48.5 Å². The van der Waals surface area contributed by atoms with Gasteiger partial charge in [-0.1, -0.05) is 42.5 Å². The molecule has 3 saturated heterocycles. The van der Waals surface area contributed by atoms with Crippen LogP contribution in [0.4, 0.5) is 4.39 Å². The molecule has 3 aliphatic rings. The van der Waals surface area contributed by atoms with Crippen LogP contribution in [0.3, 0.4) is 0 Å². The fourth-order valence-electron chi connectivity index (χ4n) is 6.25. The van der Waals surface area contributed by atoms with Crippen molar-refractivity contribution in [3.8, 4) is 0 Å². The third kappa shape index (κ3) is 5.08. The third-order valence-corrected chi connectivity index (χ3v) is 8.01. The molecule has 172 valence electrons. The average Bonchev–Trinajstić information content (AvgIpc) is 3.37. The lowest BCUT2D eigenvalue weighted by atomic mass is 9.84. The van der Waals surface area contributed by atoms with Crippen LogP contribution in [-0.2, 0) is 6.54 Å². The Kier molecular flexibility index (Phi) is 7.21. The summed E-state index contributed by atoms with van der Waals surface area (Å²) < 4.78 is 15.5. The van der Waals surface area contributed by atoms with Gasteiger partial charge in [0.25, 0.3) is 0 Å². The summed E-state index contributed by atoms with van der Waals surface area (Å²) in [4.78, 5) is 5.06. The van der Waals surface area contributed by atoms with Gasteiger partial charge in [-0.05, 0) is 107 Å². The molecule has 1 N–H and O–H groups in total. The Morgan fingerprint density at radius 3 is 2.28 bits per heavy atom. The van der Waals surface area contributed by atoms with Crippen LogP contribution in [0.1, 0.15) is 67.2 Å². The van der Waals surface area contributed by atoms with Crippen molar-refractivity contribution in [2.45, 2.75) is 57.0 Å². The topological polar surface area (TPSA) is 18.5 Å². The number of hydrogen-bond acceptors (Lipinski definition) is 3.